The van der Waals surface area contributed by atoms with Crippen LogP contribution in [0.4, 0.5) is 0 Å². The molecule has 0 aliphatic rings. The molecule has 3 aromatic rings. The number of Topliss-reactive ketones (excluding diaryl/α,β-unsaturated/α-hetero) is 1. The Morgan fingerprint density at radius 1 is 0.971 bits per heavy atom. The van der Waals surface area contributed by atoms with E-state index < -0.39 is 18.6 Å². The maximum Gasteiger partial charge on any atom is 0.329 e. The molecule has 184 valence electrons. The van der Waals surface area contributed by atoms with Gasteiger partial charge in [0.25, 0.3) is 5.91 Å². The van der Waals surface area contributed by atoms with E-state index in [1.807, 2.05) is 61.7 Å². The van der Waals surface area contributed by atoms with Gasteiger partial charge in [-0.3, -0.25) is 9.59 Å². The summed E-state index contributed by atoms with van der Waals surface area (Å²) in [6.07, 6.45) is 0.246. The second-order valence-electron chi connectivity index (χ2n) is 8.57. The number of ketones is 1. The van der Waals surface area contributed by atoms with Crippen molar-refractivity contribution in [3.05, 3.63) is 94.8 Å². The SMILES string of the molecule is COCC(C)n1c(C)cc(C(=O)COC(=O)C(Cc2ccccc2)NC(=O)c2ccccc2)c1C. The number of nitrogens with zero attached hydrogens (tertiary/aromatic N) is 1. The fourth-order valence-electron chi connectivity index (χ4n) is 4.24. The van der Waals surface area contributed by atoms with E-state index in [1.165, 1.54) is 0 Å². The molecule has 0 aliphatic carbocycles. The first-order chi connectivity index (χ1) is 16.8. The van der Waals surface area contributed by atoms with Crippen LogP contribution in [0, 0.1) is 13.8 Å². The number of ether oxygens (including phenoxy) is 2. The van der Waals surface area contributed by atoms with Crippen LogP contribution in [-0.4, -0.2) is 48.6 Å². The Labute approximate surface area is 206 Å². The van der Waals surface area contributed by atoms with Crippen LogP contribution in [0.3, 0.4) is 0 Å². The third-order valence-corrected chi connectivity index (χ3v) is 5.89. The number of aryl methyl sites for hydroxylation is 1. The van der Waals surface area contributed by atoms with Crippen LogP contribution < -0.4 is 5.32 Å². The molecule has 0 spiro atoms. The molecule has 3 rings (SSSR count). The number of hydrogen-bond donors (Lipinski definition) is 1. The summed E-state index contributed by atoms with van der Waals surface area (Å²) < 4.78 is 12.7. The molecule has 0 radical (unpaired) electrons. The number of benzene rings is 2. The van der Waals surface area contributed by atoms with Gasteiger partial charge in [0.15, 0.2) is 6.61 Å². The lowest BCUT2D eigenvalue weighted by Crippen LogP contribution is -2.43. The maximum atomic E-state index is 13.0. The second kappa shape index (κ2) is 12.1. The molecule has 35 heavy (non-hydrogen) atoms. The smallest absolute Gasteiger partial charge is 0.329 e. The van der Waals surface area contributed by atoms with E-state index in [1.54, 1.807) is 37.4 Å². The molecule has 0 saturated carbocycles. The van der Waals surface area contributed by atoms with Gasteiger partial charge in [-0.15, -0.1) is 0 Å². The van der Waals surface area contributed by atoms with Gasteiger partial charge in [-0.1, -0.05) is 48.5 Å². The quantitative estimate of drug-likeness (QED) is 0.333. The minimum Gasteiger partial charge on any atom is -0.456 e. The molecule has 7 nitrogen and oxygen atoms in total. The highest BCUT2D eigenvalue weighted by molar-refractivity contribution is 6.00. The number of carbonyl (C=O) groups excluding carboxylic acids is 3. The summed E-state index contributed by atoms with van der Waals surface area (Å²) in [7, 11) is 1.64. The molecule has 0 aliphatic heterocycles. The van der Waals surface area contributed by atoms with Crippen molar-refractivity contribution in [1.29, 1.82) is 0 Å². The van der Waals surface area contributed by atoms with Crippen molar-refractivity contribution in [2.24, 2.45) is 0 Å². The standard InChI is InChI=1S/C28H32N2O5/c1-19-15-24(21(3)30(19)20(2)17-34-4)26(31)18-35-28(33)25(16-22-11-7-5-8-12-22)29-27(32)23-13-9-6-10-14-23/h5-15,20,25H,16-18H2,1-4H3,(H,29,32). The van der Waals surface area contributed by atoms with Crippen LogP contribution in [0.25, 0.3) is 0 Å². The molecular formula is C28H32N2O5. The minimum atomic E-state index is -0.938. The van der Waals surface area contributed by atoms with E-state index in [4.69, 9.17) is 9.47 Å². The van der Waals surface area contributed by atoms with Crippen molar-refractivity contribution >= 4 is 17.7 Å². The van der Waals surface area contributed by atoms with Crippen molar-refractivity contribution < 1.29 is 23.9 Å². The van der Waals surface area contributed by atoms with Gasteiger partial charge >= 0.3 is 5.97 Å². The van der Waals surface area contributed by atoms with Gasteiger partial charge in [0.2, 0.25) is 5.78 Å². The number of methoxy groups -OCH3 is 1. The van der Waals surface area contributed by atoms with Gasteiger partial charge in [0.05, 0.1) is 12.6 Å². The second-order valence-corrected chi connectivity index (χ2v) is 8.57. The lowest BCUT2D eigenvalue weighted by Gasteiger charge is -2.18. The Morgan fingerprint density at radius 2 is 1.60 bits per heavy atom. The third-order valence-electron chi connectivity index (χ3n) is 5.89. The van der Waals surface area contributed by atoms with E-state index >= 15 is 0 Å². The molecule has 2 aromatic carbocycles. The summed E-state index contributed by atoms with van der Waals surface area (Å²) in [5.74, 6) is -1.34. The summed E-state index contributed by atoms with van der Waals surface area (Å²) in [5, 5.41) is 2.76. The topological polar surface area (TPSA) is 86.6 Å². The van der Waals surface area contributed by atoms with Gasteiger partial charge in [-0.05, 0) is 44.5 Å². The highest BCUT2D eigenvalue weighted by atomic mass is 16.5. The van der Waals surface area contributed by atoms with Gasteiger partial charge < -0.3 is 19.4 Å². The number of amides is 1. The number of aromatic nitrogens is 1. The number of rotatable bonds is 11. The van der Waals surface area contributed by atoms with Gasteiger partial charge in [0.1, 0.15) is 6.04 Å². The van der Waals surface area contributed by atoms with E-state index in [0.717, 1.165) is 17.0 Å². The number of hydrogen-bond acceptors (Lipinski definition) is 5. The van der Waals surface area contributed by atoms with E-state index in [2.05, 4.69) is 5.32 Å². The van der Waals surface area contributed by atoms with Crippen LogP contribution in [-0.2, 0) is 20.7 Å². The lowest BCUT2D eigenvalue weighted by molar-refractivity contribution is -0.144. The Bertz CT molecular complexity index is 1150. The normalized spacial score (nSPS) is 12.6. The summed E-state index contributed by atoms with van der Waals surface area (Å²) in [6.45, 7) is 5.92. The Hall–Kier alpha value is -3.71. The van der Waals surface area contributed by atoms with Crippen molar-refractivity contribution in [3.63, 3.8) is 0 Å². The molecule has 0 bridgehead atoms. The van der Waals surface area contributed by atoms with Crippen LogP contribution in [0.1, 0.15) is 50.6 Å². The first-order valence-electron chi connectivity index (χ1n) is 11.6. The molecule has 2 atom stereocenters. The van der Waals surface area contributed by atoms with Gasteiger partial charge in [-0.2, -0.15) is 0 Å². The van der Waals surface area contributed by atoms with Crippen molar-refractivity contribution in [2.75, 3.05) is 20.3 Å². The molecular weight excluding hydrogens is 444 g/mol. The maximum absolute atomic E-state index is 13.0. The van der Waals surface area contributed by atoms with Crippen LogP contribution in [0.2, 0.25) is 0 Å². The van der Waals surface area contributed by atoms with Gasteiger partial charge in [0, 0.05) is 36.0 Å². The summed E-state index contributed by atoms with van der Waals surface area (Å²) in [6, 6.07) is 18.9. The molecule has 1 amide bonds. The fourth-order valence-corrected chi connectivity index (χ4v) is 4.24. The number of carbonyl (C=O) groups is 3. The molecule has 2 unspecified atom stereocenters. The molecule has 7 heteroatoms. The number of nitrogens with one attached hydrogen (secondary N) is 1. The third kappa shape index (κ3) is 6.67. The van der Waals surface area contributed by atoms with E-state index in [9.17, 15) is 14.4 Å². The van der Waals surface area contributed by atoms with Gasteiger partial charge in [-0.25, -0.2) is 4.79 Å². The van der Waals surface area contributed by atoms with Crippen LogP contribution in [0.5, 0.6) is 0 Å². The summed E-state index contributed by atoms with van der Waals surface area (Å²) in [5.41, 5.74) is 3.54. The fraction of sp³-hybridized carbons (Fsp3) is 0.321. The zero-order valence-electron chi connectivity index (χ0n) is 20.6. The summed E-state index contributed by atoms with van der Waals surface area (Å²) >= 11 is 0. The molecule has 0 saturated heterocycles. The molecule has 1 heterocycles. The zero-order chi connectivity index (χ0) is 25.4. The minimum absolute atomic E-state index is 0.0625. The zero-order valence-corrected chi connectivity index (χ0v) is 20.6. The highest BCUT2D eigenvalue weighted by Gasteiger charge is 2.25. The molecule has 1 N–H and O–H groups in total. The van der Waals surface area contributed by atoms with E-state index in [-0.39, 0.29) is 24.2 Å². The van der Waals surface area contributed by atoms with Crippen LogP contribution >= 0.6 is 0 Å². The average molecular weight is 477 g/mol. The highest BCUT2D eigenvalue weighted by Crippen LogP contribution is 2.21. The Morgan fingerprint density at radius 3 is 2.23 bits per heavy atom. The predicted molar refractivity (Wildman–Crippen MR) is 134 cm³/mol. The monoisotopic (exact) mass is 476 g/mol. The molecule has 0 fully saturated rings. The average Bonchev–Trinajstić information content (AvgIpc) is 3.17. The Kier molecular flexibility index (Phi) is 8.98. The van der Waals surface area contributed by atoms with Crippen molar-refractivity contribution in [2.45, 2.75) is 39.3 Å². The first kappa shape index (κ1) is 25.9. The summed E-state index contributed by atoms with van der Waals surface area (Å²) in [4.78, 5) is 38.6. The van der Waals surface area contributed by atoms with Crippen molar-refractivity contribution in [3.8, 4) is 0 Å². The molecule has 1 aromatic heterocycles. The first-order valence-corrected chi connectivity index (χ1v) is 11.6. The lowest BCUT2D eigenvalue weighted by atomic mass is 10.1. The van der Waals surface area contributed by atoms with E-state index in [0.29, 0.717) is 17.7 Å². The predicted octanol–water partition coefficient (Wildman–Crippen LogP) is 4.08. The Balaban J connectivity index is 1.72. The van der Waals surface area contributed by atoms with Crippen LogP contribution in [0.15, 0.2) is 66.7 Å². The largest absolute Gasteiger partial charge is 0.456 e. The number of esters is 1. The van der Waals surface area contributed by atoms with Crippen molar-refractivity contribution in [1.82, 2.24) is 9.88 Å².